The van der Waals surface area contributed by atoms with Crippen molar-refractivity contribution in [3.8, 4) is 5.75 Å². The summed E-state index contributed by atoms with van der Waals surface area (Å²) in [7, 11) is 1.59. The molecule has 1 amide bonds. The first-order valence-corrected chi connectivity index (χ1v) is 7.20. The highest BCUT2D eigenvalue weighted by atomic mass is 16.5. The Bertz CT molecular complexity index is 694. The quantitative estimate of drug-likeness (QED) is 0.793. The highest BCUT2D eigenvalue weighted by Crippen LogP contribution is 2.21. The van der Waals surface area contributed by atoms with Gasteiger partial charge in [0.25, 0.3) is 5.91 Å². The summed E-state index contributed by atoms with van der Waals surface area (Å²) >= 11 is 0. The Morgan fingerprint density at radius 1 is 1.48 bits per heavy atom. The van der Waals surface area contributed by atoms with Gasteiger partial charge in [-0.1, -0.05) is 29.4 Å². The molecular weight excluding hydrogens is 296 g/mol. The van der Waals surface area contributed by atoms with E-state index in [1.807, 2.05) is 24.3 Å². The maximum absolute atomic E-state index is 12.7. The number of aliphatic hydroxyl groups is 1. The molecule has 0 fully saturated rings. The minimum Gasteiger partial charge on any atom is -0.496 e. The van der Waals surface area contributed by atoms with E-state index in [0.29, 0.717) is 30.2 Å². The van der Waals surface area contributed by atoms with Gasteiger partial charge in [-0.25, -0.2) is 0 Å². The number of para-hydroxylation sites is 1. The van der Waals surface area contributed by atoms with Gasteiger partial charge in [0.15, 0.2) is 5.69 Å². The van der Waals surface area contributed by atoms with E-state index in [1.165, 1.54) is 0 Å². The number of carbonyl (C=O) groups excluding carboxylic acids is 1. The first-order chi connectivity index (χ1) is 11.1. The molecule has 0 bridgehead atoms. The van der Waals surface area contributed by atoms with Crippen molar-refractivity contribution in [1.82, 2.24) is 10.1 Å². The zero-order valence-corrected chi connectivity index (χ0v) is 13.3. The number of aliphatic hydroxyl groups excluding tert-OH is 1. The third kappa shape index (κ3) is 3.60. The normalized spacial score (nSPS) is 10.4. The van der Waals surface area contributed by atoms with Crippen LogP contribution in [0.4, 0.5) is 0 Å². The summed E-state index contributed by atoms with van der Waals surface area (Å²) in [5, 5.41) is 13.2. The fraction of sp³-hybridized carbons (Fsp3) is 0.294. The van der Waals surface area contributed by atoms with Crippen molar-refractivity contribution in [2.24, 2.45) is 0 Å². The minimum absolute atomic E-state index is 0.127. The third-order valence-corrected chi connectivity index (χ3v) is 3.54. The Kier molecular flexibility index (Phi) is 5.54. The van der Waals surface area contributed by atoms with Gasteiger partial charge >= 0.3 is 0 Å². The molecule has 0 saturated carbocycles. The van der Waals surface area contributed by atoms with Crippen molar-refractivity contribution < 1.29 is 19.2 Å². The van der Waals surface area contributed by atoms with Crippen LogP contribution in [0.5, 0.6) is 5.75 Å². The molecule has 6 nitrogen and oxygen atoms in total. The number of aryl methyl sites for hydroxylation is 1. The first-order valence-electron chi connectivity index (χ1n) is 7.20. The molecule has 1 aromatic heterocycles. The largest absolute Gasteiger partial charge is 0.496 e. The smallest absolute Gasteiger partial charge is 0.277 e. The fourth-order valence-corrected chi connectivity index (χ4v) is 2.31. The van der Waals surface area contributed by atoms with Crippen LogP contribution in [0.25, 0.3) is 0 Å². The van der Waals surface area contributed by atoms with E-state index in [4.69, 9.17) is 9.26 Å². The maximum Gasteiger partial charge on any atom is 0.277 e. The number of aromatic nitrogens is 1. The van der Waals surface area contributed by atoms with E-state index in [1.54, 1.807) is 25.0 Å². The number of hydrogen-bond acceptors (Lipinski definition) is 5. The molecule has 0 atom stereocenters. The molecule has 2 rings (SSSR count). The number of rotatable bonds is 7. The Morgan fingerprint density at radius 2 is 2.22 bits per heavy atom. The molecule has 0 aliphatic rings. The average molecular weight is 316 g/mol. The Balaban J connectivity index is 2.30. The monoisotopic (exact) mass is 316 g/mol. The van der Waals surface area contributed by atoms with Gasteiger partial charge < -0.3 is 19.3 Å². The molecule has 1 heterocycles. The standard InChI is InChI=1S/C17H20N2O4/c1-4-9-19(10-13-7-5-6-8-15(13)22-3)17(21)16-14(11-20)12(2)23-18-16/h4-8,20H,1,9-11H2,2-3H3. The minimum atomic E-state index is -0.322. The van der Waals surface area contributed by atoms with Crippen molar-refractivity contribution in [3.63, 3.8) is 0 Å². The van der Waals surface area contributed by atoms with Crippen LogP contribution < -0.4 is 4.74 Å². The van der Waals surface area contributed by atoms with Crippen LogP contribution in [0.3, 0.4) is 0 Å². The molecule has 1 aromatic carbocycles. The summed E-state index contributed by atoms with van der Waals surface area (Å²) in [6.45, 7) is 5.73. The molecule has 0 spiro atoms. The second-order valence-corrected chi connectivity index (χ2v) is 5.01. The molecule has 0 aliphatic heterocycles. The Hall–Kier alpha value is -2.60. The molecule has 0 aliphatic carbocycles. The van der Waals surface area contributed by atoms with Gasteiger partial charge in [0.1, 0.15) is 11.5 Å². The molecule has 6 heteroatoms. The van der Waals surface area contributed by atoms with E-state index >= 15 is 0 Å². The van der Waals surface area contributed by atoms with Crippen molar-refractivity contribution in [2.45, 2.75) is 20.1 Å². The lowest BCUT2D eigenvalue weighted by atomic mass is 10.1. The molecule has 23 heavy (non-hydrogen) atoms. The van der Waals surface area contributed by atoms with E-state index in [0.717, 1.165) is 5.56 Å². The van der Waals surface area contributed by atoms with Gasteiger partial charge in [0, 0.05) is 12.1 Å². The lowest BCUT2D eigenvalue weighted by molar-refractivity contribution is 0.0748. The van der Waals surface area contributed by atoms with Gasteiger partial charge in [0.05, 0.1) is 25.8 Å². The summed E-state index contributed by atoms with van der Waals surface area (Å²) in [4.78, 5) is 14.3. The summed E-state index contributed by atoms with van der Waals surface area (Å²) < 4.78 is 10.3. The Labute approximate surface area is 135 Å². The van der Waals surface area contributed by atoms with Crippen LogP contribution in [0.15, 0.2) is 41.4 Å². The average Bonchev–Trinajstić information content (AvgIpc) is 2.94. The van der Waals surface area contributed by atoms with E-state index in [2.05, 4.69) is 11.7 Å². The molecule has 0 saturated heterocycles. The maximum atomic E-state index is 12.7. The number of carbonyl (C=O) groups is 1. The topological polar surface area (TPSA) is 75.8 Å². The van der Waals surface area contributed by atoms with Gasteiger partial charge in [0.2, 0.25) is 0 Å². The van der Waals surface area contributed by atoms with E-state index in [9.17, 15) is 9.90 Å². The number of benzene rings is 1. The van der Waals surface area contributed by atoms with E-state index < -0.39 is 0 Å². The third-order valence-electron chi connectivity index (χ3n) is 3.54. The van der Waals surface area contributed by atoms with Crippen LogP contribution in [0, 0.1) is 6.92 Å². The van der Waals surface area contributed by atoms with Crippen LogP contribution in [-0.2, 0) is 13.2 Å². The van der Waals surface area contributed by atoms with Gasteiger partial charge in [-0.05, 0) is 13.0 Å². The fourth-order valence-electron chi connectivity index (χ4n) is 2.31. The zero-order chi connectivity index (χ0) is 16.8. The van der Waals surface area contributed by atoms with Crippen LogP contribution in [0.2, 0.25) is 0 Å². The molecule has 0 unspecified atom stereocenters. The number of methoxy groups -OCH3 is 1. The van der Waals surface area contributed by atoms with Crippen molar-refractivity contribution in [1.29, 1.82) is 0 Å². The van der Waals surface area contributed by atoms with Crippen molar-refractivity contribution in [2.75, 3.05) is 13.7 Å². The summed E-state index contributed by atoms with van der Waals surface area (Å²) in [6.07, 6.45) is 1.64. The molecular formula is C17H20N2O4. The highest BCUT2D eigenvalue weighted by Gasteiger charge is 2.24. The number of nitrogens with zero attached hydrogens (tertiary/aromatic N) is 2. The van der Waals surface area contributed by atoms with Crippen molar-refractivity contribution in [3.05, 3.63) is 59.5 Å². The van der Waals surface area contributed by atoms with Gasteiger partial charge in [-0.2, -0.15) is 0 Å². The Morgan fingerprint density at radius 3 is 2.87 bits per heavy atom. The lowest BCUT2D eigenvalue weighted by Crippen LogP contribution is -2.31. The highest BCUT2D eigenvalue weighted by molar-refractivity contribution is 5.93. The summed E-state index contributed by atoms with van der Waals surface area (Å²) in [6, 6.07) is 7.48. The van der Waals surface area contributed by atoms with Crippen LogP contribution in [-0.4, -0.2) is 34.7 Å². The summed E-state index contributed by atoms with van der Waals surface area (Å²) in [5.41, 5.74) is 1.40. The lowest BCUT2D eigenvalue weighted by Gasteiger charge is -2.21. The molecule has 2 aromatic rings. The molecule has 122 valence electrons. The zero-order valence-electron chi connectivity index (χ0n) is 13.3. The second-order valence-electron chi connectivity index (χ2n) is 5.01. The summed E-state index contributed by atoms with van der Waals surface area (Å²) in [5.74, 6) is 0.816. The van der Waals surface area contributed by atoms with Crippen LogP contribution in [0.1, 0.15) is 27.4 Å². The molecule has 1 N–H and O–H groups in total. The van der Waals surface area contributed by atoms with Crippen LogP contribution >= 0.6 is 0 Å². The molecule has 0 radical (unpaired) electrons. The first kappa shape index (κ1) is 16.8. The second kappa shape index (κ2) is 7.60. The predicted molar refractivity (Wildman–Crippen MR) is 85.1 cm³/mol. The SMILES string of the molecule is C=CCN(Cc1ccccc1OC)C(=O)c1noc(C)c1CO. The predicted octanol–water partition coefficient (Wildman–Crippen LogP) is 2.31. The number of hydrogen-bond donors (Lipinski definition) is 1. The number of amides is 1. The van der Waals surface area contributed by atoms with E-state index in [-0.39, 0.29) is 18.2 Å². The number of ether oxygens (including phenoxy) is 1. The van der Waals surface area contributed by atoms with Gasteiger partial charge in [-0.3, -0.25) is 4.79 Å². The van der Waals surface area contributed by atoms with Gasteiger partial charge in [-0.15, -0.1) is 6.58 Å². The van der Waals surface area contributed by atoms with Crippen molar-refractivity contribution >= 4 is 5.91 Å².